The maximum Gasteiger partial charge on any atom is 0.407 e. The van der Waals surface area contributed by atoms with Gasteiger partial charge in [0.15, 0.2) is 0 Å². The van der Waals surface area contributed by atoms with Gasteiger partial charge in [0, 0.05) is 37.1 Å². The minimum absolute atomic E-state index is 0.184. The lowest BCUT2D eigenvalue weighted by atomic mass is 10.1. The van der Waals surface area contributed by atoms with E-state index in [4.69, 9.17) is 10.8 Å². The Morgan fingerprint density at radius 3 is 2.53 bits per heavy atom. The zero-order valence-corrected chi connectivity index (χ0v) is 9.84. The van der Waals surface area contributed by atoms with Crippen LogP contribution in [0.3, 0.4) is 0 Å². The van der Waals surface area contributed by atoms with Gasteiger partial charge in [-0.2, -0.15) is 0 Å². The molecule has 5 heteroatoms. The van der Waals surface area contributed by atoms with Crippen molar-refractivity contribution in [2.75, 3.05) is 30.3 Å². The van der Waals surface area contributed by atoms with Crippen LogP contribution in [0.1, 0.15) is 6.92 Å². The highest BCUT2D eigenvalue weighted by Crippen LogP contribution is 2.21. The molecular formula is C12H17N3O2. The first-order valence-electron chi connectivity index (χ1n) is 5.68. The van der Waals surface area contributed by atoms with Crippen LogP contribution in [0, 0.1) is 0 Å². The van der Waals surface area contributed by atoms with Gasteiger partial charge in [0.1, 0.15) is 0 Å². The zero-order chi connectivity index (χ0) is 12.4. The zero-order valence-electron chi connectivity index (χ0n) is 9.84. The number of nitrogen functional groups attached to an aromatic ring is 1. The Hall–Kier alpha value is -1.91. The first-order chi connectivity index (χ1) is 8.08. The van der Waals surface area contributed by atoms with Gasteiger partial charge in [-0.3, -0.25) is 0 Å². The first-order valence-corrected chi connectivity index (χ1v) is 5.68. The van der Waals surface area contributed by atoms with Crippen molar-refractivity contribution in [3.8, 4) is 0 Å². The normalized spacial score (nSPS) is 20.4. The molecule has 0 saturated carbocycles. The number of piperazine rings is 1. The lowest BCUT2D eigenvalue weighted by Gasteiger charge is -2.40. The summed E-state index contributed by atoms with van der Waals surface area (Å²) in [7, 11) is 0. The van der Waals surface area contributed by atoms with Crippen LogP contribution in [0.15, 0.2) is 24.3 Å². The monoisotopic (exact) mass is 235 g/mol. The molecule has 1 aliphatic rings. The Bertz CT molecular complexity index is 405. The fourth-order valence-corrected chi connectivity index (χ4v) is 2.18. The first kappa shape index (κ1) is 11.6. The maximum atomic E-state index is 10.9. The Labute approximate surface area is 100 Å². The highest BCUT2D eigenvalue weighted by atomic mass is 16.4. The molecule has 1 heterocycles. The van der Waals surface area contributed by atoms with Crippen molar-refractivity contribution in [2.24, 2.45) is 0 Å². The molecule has 2 rings (SSSR count). The van der Waals surface area contributed by atoms with Gasteiger partial charge < -0.3 is 20.6 Å². The quantitative estimate of drug-likeness (QED) is 0.723. The highest BCUT2D eigenvalue weighted by Gasteiger charge is 2.26. The summed E-state index contributed by atoms with van der Waals surface area (Å²) in [5, 5.41) is 8.94. The lowest BCUT2D eigenvalue weighted by Crippen LogP contribution is -2.53. The predicted octanol–water partition coefficient (Wildman–Crippen LogP) is 1.46. The lowest BCUT2D eigenvalue weighted by molar-refractivity contribution is 0.136. The summed E-state index contributed by atoms with van der Waals surface area (Å²) in [5.41, 5.74) is 7.48. The number of hydrogen-bond acceptors (Lipinski definition) is 3. The Kier molecular flexibility index (Phi) is 3.08. The molecule has 0 aliphatic carbocycles. The number of benzene rings is 1. The van der Waals surface area contributed by atoms with Crippen LogP contribution >= 0.6 is 0 Å². The summed E-state index contributed by atoms with van der Waals surface area (Å²) in [4.78, 5) is 14.5. The van der Waals surface area contributed by atoms with Crippen molar-refractivity contribution in [1.82, 2.24) is 4.90 Å². The molecule has 1 fully saturated rings. The van der Waals surface area contributed by atoms with Gasteiger partial charge in [-0.1, -0.05) is 0 Å². The number of nitrogens with two attached hydrogens (primary N) is 1. The van der Waals surface area contributed by atoms with E-state index in [2.05, 4.69) is 4.90 Å². The second kappa shape index (κ2) is 4.53. The molecule has 0 radical (unpaired) electrons. The molecule has 0 bridgehead atoms. The van der Waals surface area contributed by atoms with E-state index in [0.717, 1.165) is 17.9 Å². The van der Waals surface area contributed by atoms with E-state index in [1.165, 1.54) is 4.90 Å². The van der Waals surface area contributed by atoms with Gasteiger partial charge in [-0.25, -0.2) is 4.79 Å². The summed E-state index contributed by atoms with van der Waals surface area (Å²) in [6.07, 6.45) is -0.839. The molecule has 0 spiro atoms. The van der Waals surface area contributed by atoms with Crippen molar-refractivity contribution in [1.29, 1.82) is 0 Å². The summed E-state index contributed by atoms with van der Waals surface area (Å²) in [6, 6.07) is 7.87. The molecule has 1 saturated heterocycles. The molecule has 0 aromatic heterocycles. The van der Waals surface area contributed by atoms with E-state index < -0.39 is 6.09 Å². The summed E-state index contributed by atoms with van der Waals surface area (Å²) in [6.45, 7) is 3.84. The van der Waals surface area contributed by atoms with E-state index in [-0.39, 0.29) is 6.04 Å². The SMILES string of the molecule is C[C@H]1CN(C(=O)O)CCN1c1ccc(N)cc1. The topological polar surface area (TPSA) is 69.8 Å². The molecule has 92 valence electrons. The molecule has 0 unspecified atom stereocenters. The van der Waals surface area contributed by atoms with Crippen LogP contribution in [0.25, 0.3) is 0 Å². The number of anilines is 2. The van der Waals surface area contributed by atoms with E-state index in [9.17, 15) is 4.79 Å². The third-order valence-electron chi connectivity index (χ3n) is 3.12. The minimum Gasteiger partial charge on any atom is -0.465 e. The van der Waals surface area contributed by atoms with Crippen LogP contribution in [0.5, 0.6) is 0 Å². The van der Waals surface area contributed by atoms with Gasteiger partial charge in [0.05, 0.1) is 0 Å². The average molecular weight is 235 g/mol. The molecular weight excluding hydrogens is 218 g/mol. The van der Waals surface area contributed by atoms with E-state index in [0.29, 0.717) is 13.1 Å². The fourth-order valence-electron chi connectivity index (χ4n) is 2.18. The summed E-state index contributed by atoms with van der Waals surface area (Å²) >= 11 is 0. The third kappa shape index (κ3) is 2.43. The number of nitrogens with zero attached hydrogens (tertiary/aromatic N) is 2. The van der Waals surface area contributed by atoms with Crippen LogP contribution in [-0.2, 0) is 0 Å². The Balaban J connectivity index is 2.09. The van der Waals surface area contributed by atoms with E-state index >= 15 is 0 Å². The van der Waals surface area contributed by atoms with Gasteiger partial charge in [-0.05, 0) is 31.2 Å². The average Bonchev–Trinajstić information content (AvgIpc) is 2.30. The third-order valence-corrected chi connectivity index (χ3v) is 3.12. The van der Waals surface area contributed by atoms with Gasteiger partial charge in [-0.15, -0.1) is 0 Å². The number of hydrogen-bond donors (Lipinski definition) is 2. The predicted molar refractivity (Wildman–Crippen MR) is 67.3 cm³/mol. The molecule has 1 aliphatic heterocycles. The largest absolute Gasteiger partial charge is 0.465 e. The fraction of sp³-hybridized carbons (Fsp3) is 0.417. The summed E-state index contributed by atoms with van der Waals surface area (Å²) < 4.78 is 0. The van der Waals surface area contributed by atoms with Crippen LogP contribution < -0.4 is 10.6 Å². The number of carboxylic acid groups (broad SMARTS) is 1. The number of rotatable bonds is 1. The molecule has 5 nitrogen and oxygen atoms in total. The molecule has 1 aromatic rings. The molecule has 1 atom stereocenters. The van der Waals surface area contributed by atoms with Crippen LogP contribution in [-0.4, -0.2) is 41.8 Å². The van der Waals surface area contributed by atoms with Crippen LogP contribution in [0.2, 0.25) is 0 Å². The molecule has 1 aromatic carbocycles. The Morgan fingerprint density at radius 2 is 2.00 bits per heavy atom. The minimum atomic E-state index is -0.839. The number of carbonyl (C=O) groups is 1. The second-order valence-electron chi connectivity index (χ2n) is 4.36. The number of amides is 1. The van der Waals surface area contributed by atoms with Crippen molar-refractivity contribution < 1.29 is 9.90 Å². The standard InChI is InChI=1S/C12H17N3O2/c1-9-8-14(12(16)17)6-7-15(9)11-4-2-10(13)3-5-11/h2-5,9H,6-8,13H2,1H3,(H,16,17)/t9-/m0/s1. The highest BCUT2D eigenvalue weighted by molar-refractivity contribution is 5.66. The van der Waals surface area contributed by atoms with Crippen molar-refractivity contribution in [2.45, 2.75) is 13.0 Å². The van der Waals surface area contributed by atoms with Crippen molar-refractivity contribution in [3.05, 3.63) is 24.3 Å². The van der Waals surface area contributed by atoms with Gasteiger partial charge >= 0.3 is 6.09 Å². The van der Waals surface area contributed by atoms with Crippen LogP contribution in [0.4, 0.5) is 16.2 Å². The van der Waals surface area contributed by atoms with Gasteiger partial charge in [0.2, 0.25) is 0 Å². The Morgan fingerprint density at radius 1 is 1.35 bits per heavy atom. The van der Waals surface area contributed by atoms with Gasteiger partial charge in [0.25, 0.3) is 0 Å². The van der Waals surface area contributed by atoms with E-state index in [1.807, 2.05) is 31.2 Å². The molecule has 1 amide bonds. The summed E-state index contributed by atoms with van der Waals surface area (Å²) in [5.74, 6) is 0. The van der Waals surface area contributed by atoms with E-state index in [1.54, 1.807) is 0 Å². The molecule has 17 heavy (non-hydrogen) atoms. The second-order valence-corrected chi connectivity index (χ2v) is 4.36. The molecule has 3 N–H and O–H groups in total. The maximum absolute atomic E-state index is 10.9. The van der Waals surface area contributed by atoms with Crippen molar-refractivity contribution >= 4 is 17.5 Å². The smallest absolute Gasteiger partial charge is 0.407 e. The van der Waals surface area contributed by atoms with Crippen molar-refractivity contribution in [3.63, 3.8) is 0 Å².